The minimum atomic E-state index is -4.50. The number of nitrogens with zero attached hydrogens (tertiary/aromatic N) is 2. The Morgan fingerprint density at radius 2 is 2.20 bits per heavy atom. The summed E-state index contributed by atoms with van der Waals surface area (Å²) in [5.74, 6) is 0.0571. The zero-order valence-electron chi connectivity index (χ0n) is 8.38. The number of ether oxygens (including phenoxy) is 1. The standard InChI is InChI=1S/C8H12F3N3O/c1-3-14-6(5(15-2)4-13-14)7(12)8(9,10)11/h4,7H,3,12H2,1-2H3. The van der Waals surface area contributed by atoms with Gasteiger partial charge in [0.05, 0.1) is 13.3 Å². The molecule has 2 N–H and O–H groups in total. The van der Waals surface area contributed by atoms with Gasteiger partial charge in [-0.15, -0.1) is 0 Å². The monoisotopic (exact) mass is 223 g/mol. The maximum Gasteiger partial charge on any atom is 0.409 e. The van der Waals surface area contributed by atoms with Crippen LogP contribution in [0.4, 0.5) is 13.2 Å². The van der Waals surface area contributed by atoms with E-state index in [0.717, 1.165) is 0 Å². The molecule has 1 unspecified atom stereocenters. The van der Waals surface area contributed by atoms with Crippen LogP contribution < -0.4 is 10.5 Å². The van der Waals surface area contributed by atoms with Gasteiger partial charge in [0.25, 0.3) is 0 Å². The van der Waals surface area contributed by atoms with Crippen LogP contribution in [0.2, 0.25) is 0 Å². The van der Waals surface area contributed by atoms with Crippen molar-refractivity contribution >= 4 is 0 Å². The van der Waals surface area contributed by atoms with Gasteiger partial charge in [0, 0.05) is 6.54 Å². The van der Waals surface area contributed by atoms with E-state index in [1.54, 1.807) is 6.92 Å². The molecule has 1 atom stereocenters. The second-order valence-electron chi connectivity index (χ2n) is 2.93. The lowest BCUT2D eigenvalue weighted by Crippen LogP contribution is -2.31. The largest absolute Gasteiger partial charge is 0.493 e. The molecule has 0 spiro atoms. The number of alkyl halides is 3. The van der Waals surface area contributed by atoms with Gasteiger partial charge in [-0.1, -0.05) is 0 Å². The molecule has 0 saturated heterocycles. The summed E-state index contributed by atoms with van der Waals surface area (Å²) in [5, 5.41) is 3.75. The predicted molar refractivity (Wildman–Crippen MR) is 47.4 cm³/mol. The molecule has 0 aliphatic rings. The fraction of sp³-hybridized carbons (Fsp3) is 0.625. The lowest BCUT2D eigenvalue weighted by Gasteiger charge is -2.17. The summed E-state index contributed by atoms with van der Waals surface area (Å²) in [6.45, 7) is 1.99. The Morgan fingerprint density at radius 3 is 2.60 bits per heavy atom. The van der Waals surface area contributed by atoms with Crippen LogP contribution in [0, 0.1) is 0 Å². The van der Waals surface area contributed by atoms with Gasteiger partial charge in [0.1, 0.15) is 11.7 Å². The van der Waals surface area contributed by atoms with E-state index < -0.39 is 12.2 Å². The van der Waals surface area contributed by atoms with Gasteiger partial charge in [-0.25, -0.2) is 0 Å². The van der Waals surface area contributed by atoms with Crippen molar-refractivity contribution in [1.29, 1.82) is 0 Å². The summed E-state index contributed by atoms with van der Waals surface area (Å²) >= 11 is 0. The number of hydrogen-bond donors (Lipinski definition) is 1. The number of rotatable bonds is 3. The SMILES string of the molecule is CCn1ncc(OC)c1C(N)C(F)(F)F. The summed E-state index contributed by atoms with van der Waals surface area (Å²) in [6, 6.07) is -2.07. The first-order valence-corrected chi connectivity index (χ1v) is 4.33. The van der Waals surface area contributed by atoms with Gasteiger partial charge in [-0.2, -0.15) is 18.3 Å². The quantitative estimate of drug-likeness (QED) is 0.844. The van der Waals surface area contributed by atoms with E-state index in [0.29, 0.717) is 6.54 Å². The third-order valence-electron chi connectivity index (χ3n) is 2.01. The van der Waals surface area contributed by atoms with E-state index in [9.17, 15) is 13.2 Å². The van der Waals surface area contributed by atoms with Crippen molar-refractivity contribution < 1.29 is 17.9 Å². The van der Waals surface area contributed by atoms with Gasteiger partial charge >= 0.3 is 6.18 Å². The smallest absolute Gasteiger partial charge is 0.409 e. The van der Waals surface area contributed by atoms with Crippen LogP contribution in [-0.4, -0.2) is 23.1 Å². The normalized spacial score (nSPS) is 14.0. The fourth-order valence-electron chi connectivity index (χ4n) is 1.26. The van der Waals surface area contributed by atoms with E-state index in [4.69, 9.17) is 10.5 Å². The molecule has 0 fully saturated rings. The van der Waals surface area contributed by atoms with Crippen molar-refractivity contribution in [2.75, 3.05) is 7.11 Å². The zero-order chi connectivity index (χ0) is 11.6. The van der Waals surface area contributed by atoms with Gasteiger partial charge in [-0.3, -0.25) is 4.68 Å². The van der Waals surface area contributed by atoms with E-state index >= 15 is 0 Å². The highest BCUT2D eigenvalue weighted by atomic mass is 19.4. The highest BCUT2D eigenvalue weighted by Crippen LogP contribution is 2.35. The van der Waals surface area contributed by atoms with Gasteiger partial charge in [0.2, 0.25) is 0 Å². The second-order valence-corrected chi connectivity index (χ2v) is 2.93. The molecule has 0 aliphatic heterocycles. The zero-order valence-corrected chi connectivity index (χ0v) is 8.38. The maximum absolute atomic E-state index is 12.4. The Hall–Kier alpha value is -1.24. The van der Waals surface area contributed by atoms with Crippen LogP contribution in [0.15, 0.2) is 6.20 Å². The van der Waals surface area contributed by atoms with E-state index in [2.05, 4.69) is 5.10 Å². The minimum Gasteiger partial charge on any atom is -0.493 e. The molecule has 7 heteroatoms. The minimum absolute atomic E-state index is 0.0571. The average molecular weight is 223 g/mol. The van der Waals surface area contributed by atoms with E-state index in [-0.39, 0.29) is 11.4 Å². The van der Waals surface area contributed by atoms with E-state index in [1.807, 2.05) is 0 Å². The van der Waals surface area contributed by atoms with Crippen LogP contribution in [0.25, 0.3) is 0 Å². The van der Waals surface area contributed by atoms with Crippen LogP contribution in [-0.2, 0) is 6.54 Å². The third kappa shape index (κ3) is 2.23. The molecule has 0 radical (unpaired) electrons. The molecule has 15 heavy (non-hydrogen) atoms. The maximum atomic E-state index is 12.4. The molecular formula is C8H12F3N3O. The highest BCUT2D eigenvalue weighted by molar-refractivity contribution is 5.29. The van der Waals surface area contributed by atoms with Crippen LogP contribution in [0.3, 0.4) is 0 Å². The molecule has 0 saturated carbocycles. The molecule has 0 aromatic carbocycles. The molecular weight excluding hydrogens is 211 g/mol. The summed E-state index contributed by atoms with van der Waals surface area (Å²) < 4.78 is 43.2. The third-order valence-corrected chi connectivity index (χ3v) is 2.01. The predicted octanol–water partition coefficient (Wildman–Crippen LogP) is 1.47. The highest BCUT2D eigenvalue weighted by Gasteiger charge is 2.41. The molecule has 1 aromatic heterocycles. The number of hydrogen-bond acceptors (Lipinski definition) is 3. The Bertz CT molecular complexity index is 313. The van der Waals surface area contributed by atoms with Gasteiger partial charge in [-0.05, 0) is 6.92 Å². The fourth-order valence-corrected chi connectivity index (χ4v) is 1.26. The summed E-state index contributed by atoms with van der Waals surface area (Å²) in [4.78, 5) is 0. The Kier molecular flexibility index (Phi) is 3.23. The van der Waals surface area contributed by atoms with Crippen molar-refractivity contribution in [1.82, 2.24) is 9.78 Å². The molecule has 0 bridgehead atoms. The topological polar surface area (TPSA) is 53.1 Å². The number of nitrogens with two attached hydrogens (primary N) is 1. The Labute approximate surface area is 84.8 Å². The molecule has 1 heterocycles. The summed E-state index contributed by atoms with van der Waals surface area (Å²) in [5.41, 5.74) is 4.96. The Morgan fingerprint density at radius 1 is 1.60 bits per heavy atom. The summed E-state index contributed by atoms with van der Waals surface area (Å²) in [7, 11) is 1.28. The van der Waals surface area contributed by atoms with Gasteiger partial charge < -0.3 is 10.5 Å². The number of methoxy groups -OCH3 is 1. The number of aryl methyl sites for hydroxylation is 1. The lowest BCUT2D eigenvalue weighted by atomic mass is 10.2. The van der Waals surface area contributed by atoms with Crippen LogP contribution in [0.5, 0.6) is 5.75 Å². The van der Waals surface area contributed by atoms with Crippen molar-refractivity contribution in [2.24, 2.45) is 5.73 Å². The first-order chi connectivity index (χ1) is 6.91. The molecule has 4 nitrogen and oxygen atoms in total. The number of aromatic nitrogens is 2. The van der Waals surface area contributed by atoms with Crippen LogP contribution in [0.1, 0.15) is 18.7 Å². The lowest BCUT2D eigenvalue weighted by molar-refractivity contribution is -0.151. The summed E-state index contributed by atoms with van der Waals surface area (Å²) in [6.07, 6.45) is -3.27. The molecule has 86 valence electrons. The van der Waals surface area contributed by atoms with Crippen molar-refractivity contribution in [3.05, 3.63) is 11.9 Å². The number of halogens is 3. The van der Waals surface area contributed by atoms with Crippen molar-refractivity contribution in [3.63, 3.8) is 0 Å². The first-order valence-electron chi connectivity index (χ1n) is 4.33. The van der Waals surface area contributed by atoms with Crippen molar-refractivity contribution in [3.8, 4) is 5.75 Å². The first kappa shape index (κ1) is 11.8. The molecule has 0 aliphatic carbocycles. The Balaban J connectivity index is 3.15. The molecule has 0 amide bonds. The molecule has 1 aromatic rings. The second kappa shape index (κ2) is 4.09. The average Bonchev–Trinajstić information content (AvgIpc) is 2.57. The van der Waals surface area contributed by atoms with Gasteiger partial charge in [0.15, 0.2) is 5.75 Å². The van der Waals surface area contributed by atoms with Crippen LogP contribution >= 0.6 is 0 Å². The molecule has 1 rings (SSSR count). The van der Waals surface area contributed by atoms with E-state index in [1.165, 1.54) is 18.0 Å². The van der Waals surface area contributed by atoms with Crippen molar-refractivity contribution in [2.45, 2.75) is 25.7 Å².